The number of rotatable bonds is 4. The number of ketones is 3. The van der Waals surface area contributed by atoms with Gasteiger partial charge in [0.15, 0.2) is 0 Å². The van der Waals surface area contributed by atoms with Crippen LogP contribution in [0.3, 0.4) is 0 Å². The molecule has 0 heterocycles. The summed E-state index contributed by atoms with van der Waals surface area (Å²) in [6.07, 6.45) is 0. The highest BCUT2D eigenvalue weighted by molar-refractivity contribution is 6.95. The third kappa shape index (κ3) is 2.39. The number of Topliss-reactive ketones (excluding diaryl/α,β-unsaturated/α-hetero) is 3. The van der Waals surface area contributed by atoms with Crippen LogP contribution in [0.25, 0.3) is 43.1 Å². The van der Waals surface area contributed by atoms with Crippen LogP contribution in [0.15, 0.2) is 66.7 Å². The molecular weight excluding hydrogens is 388 g/mol. The fourth-order valence-corrected chi connectivity index (χ4v) is 4.25. The summed E-state index contributed by atoms with van der Waals surface area (Å²) in [5.41, 5.74) is 0.0863. The second-order valence-electron chi connectivity index (χ2n) is 6.86. The van der Waals surface area contributed by atoms with Crippen LogP contribution >= 0.6 is 11.6 Å². The molecule has 4 nitrogen and oxygen atoms in total. The van der Waals surface area contributed by atoms with Crippen molar-refractivity contribution >= 4 is 77.3 Å². The van der Waals surface area contributed by atoms with Gasteiger partial charge in [0.25, 0.3) is 16.8 Å². The molecular formula is C24H11ClO4. The summed E-state index contributed by atoms with van der Waals surface area (Å²) in [5, 5.41) is 5.65. The molecule has 0 radical (unpaired) electrons. The topological polar surface area (TPSA) is 68.3 Å². The quantitative estimate of drug-likeness (QED) is 0.109. The molecule has 0 N–H and O–H groups in total. The molecule has 5 aromatic carbocycles. The molecule has 0 aromatic heterocycles. The molecule has 0 aliphatic heterocycles. The van der Waals surface area contributed by atoms with Gasteiger partial charge in [-0.3, -0.25) is 19.2 Å². The van der Waals surface area contributed by atoms with E-state index in [9.17, 15) is 19.2 Å². The summed E-state index contributed by atoms with van der Waals surface area (Å²) in [5.74, 6) is -3.98. The molecule has 0 atom stereocenters. The zero-order chi connectivity index (χ0) is 20.3. The molecule has 0 amide bonds. The minimum absolute atomic E-state index is 0.0863. The molecule has 0 saturated heterocycles. The highest BCUT2D eigenvalue weighted by atomic mass is 35.5. The minimum atomic E-state index is -1.52. The molecule has 0 fully saturated rings. The monoisotopic (exact) mass is 398 g/mol. The van der Waals surface area contributed by atoms with Crippen LogP contribution in [0, 0.1) is 0 Å². The van der Waals surface area contributed by atoms with E-state index in [-0.39, 0.29) is 5.56 Å². The van der Waals surface area contributed by atoms with Crippen LogP contribution in [0.5, 0.6) is 0 Å². The van der Waals surface area contributed by atoms with Gasteiger partial charge in [-0.15, -0.1) is 0 Å². The van der Waals surface area contributed by atoms with E-state index in [0.717, 1.165) is 37.7 Å². The average molecular weight is 399 g/mol. The van der Waals surface area contributed by atoms with Gasteiger partial charge in [0.1, 0.15) is 0 Å². The number of hydrogen-bond acceptors (Lipinski definition) is 4. The Morgan fingerprint density at radius 3 is 1.72 bits per heavy atom. The highest BCUT2D eigenvalue weighted by Gasteiger charge is 2.30. The van der Waals surface area contributed by atoms with Crippen LogP contribution in [0.1, 0.15) is 10.4 Å². The van der Waals surface area contributed by atoms with Crippen LogP contribution in [-0.4, -0.2) is 22.6 Å². The fourth-order valence-electron chi connectivity index (χ4n) is 4.16. The smallest absolute Gasteiger partial charge is 0.285 e. The van der Waals surface area contributed by atoms with Gasteiger partial charge < -0.3 is 0 Å². The summed E-state index contributed by atoms with van der Waals surface area (Å²) in [7, 11) is 0. The second kappa shape index (κ2) is 6.19. The normalized spacial score (nSPS) is 11.5. The van der Waals surface area contributed by atoms with Crippen LogP contribution in [-0.2, 0) is 14.4 Å². The molecule has 0 bridgehead atoms. The van der Waals surface area contributed by atoms with Crippen molar-refractivity contribution in [2.24, 2.45) is 0 Å². The third-order valence-electron chi connectivity index (χ3n) is 5.35. The van der Waals surface area contributed by atoms with Gasteiger partial charge in [-0.25, -0.2) is 0 Å². The van der Waals surface area contributed by atoms with Crippen molar-refractivity contribution < 1.29 is 19.2 Å². The van der Waals surface area contributed by atoms with Gasteiger partial charge in [0, 0.05) is 10.9 Å². The molecule has 0 spiro atoms. The van der Waals surface area contributed by atoms with Crippen molar-refractivity contribution in [2.75, 3.05) is 0 Å². The number of halogens is 1. The van der Waals surface area contributed by atoms with Crippen molar-refractivity contribution in [2.45, 2.75) is 0 Å². The van der Waals surface area contributed by atoms with E-state index in [0.29, 0.717) is 5.39 Å². The maximum atomic E-state index is 12.9. The summed E-state index contributed by atoms with van der Waals surface area (Å²) in [6.45, 7) is 0. The highest BCUT2D eigenvalue weighted by Crippen LogP contribution is 2.41. The molecule has 5 heteroatoms. The summed E-state index contributed by atoms with van der Waals surface area (Å²) < 4.78 is 0. The van der Waals surface area contributed by atoms with Crippen molar-refractivity contribution in [1.82, 2.24) is 0 Å². The van der Waals surface area contributed by atoms with Crippen LogP contribution in [0.2, 0.25) is 0 Å². The van der Waals surface area contributed by atoms with E-state index in [1.807, 2.05) is 54.6 Å². The van der Waals surface area contributed by atoms with E-state index in [2.05, 4.69) is 0 Å². The first kappa shape index (κ1) is 17.5. The summed E-state index contributed by atoms with van der Waals surface area (Å²) >= 11 is 5.13. The van der Waals surface area contributed by atoms with Crippen molar-refractivity contribution in [3.8, 4) is 0 Å². The molecule has 5 aromatic rings. The van der Waals surface area contributed by atoms with Gasteiger partial charge in [0.2, 0.25) is 5.78 Å². The van der Waals surface area contributed by atoms with Crippen molar-refractivity contribution in [3.63, 3.8) is 0 Å². The van der Waals surface area contributed by atoms with E-state index in [1.54, 1.807) is 6.07 Å². The zero-order valence-corrected chi connectivity index (χ0v) is 15.6. The van der Waals surface area contributed by atoms with Crippen LogP contribution in [0.4, 0.5) is 0 Å². The number of fused-ring (bicyclic) bond motifs is 2. The SMILES string of the molecule is O=C(Cl)C(=O)C(=O)C(=O)c1ccc2cccc3c4cccc5cccc(c1c23)c54. The minimum Gasteiger partial charge on any atom is -0.285 e. The Labute approximate surface area is 169 Å². The molecule has 0 aliphatic rings. The number of hydrogen-bond donors (Lipinski definition) is 0. The second-order valence-corrected chi connectivity index (χ2v) is 7.21. The predicted molar refractivity (Wildman–Crippen MR) is 113 cm³/mol. The molecule has 0 unspecified atom stereocenters. The van der Waals surface area contributed by atoms with Gasteiger partial charge in [-0.2, -0.15) is 0 Å². The maximum absolute atomic E-state index is 12.9. The Hall–Kier alpha value is -3.63. The number of benzene rings is 5. The third-order valence-corrected chi connectivity index (χ3v) is 5.52. The van der Waals surface area contributed by atoms with E-state index < -0.39 is 22.6 Å². The van der Waals surface area contributed by atoms with E-state index in [1.165, 1.54) is 6.07 Å². The van der Waals surface area contributed by atoms with Gasteiger partial charge in [-0.05, 0) is 55.4 Å². The molecule has 0 aliphatic carbocycles. The Kier molecular flexibility index (Phi) is 3.73. The van der Waals surface area contributed by atoms with Gasteiger partial charge >= 0.3 is 0 Å². The molecule has 5 rings (SSSR count). The summed E-state index contributed by atoms with van der Waals surface area (Å²) in [4.78, 5) is 48.0. The lowest BCUT2D eigenvalue weighted by atomic mass is 9.86. The number of carbonyl (C=O) groups excluding carboxylic acids is 4. The Balaban J connectivity index is 1.98. The van der Waals surface area contributed by atoms with Crippen LogP contribution < -0.4 is 0 Å². The molecule has 138 valence electrons. The summed E-state index contributed by atoms with van der Waals surface area (Å²) in [6, 6.07) is 20.9. The zero-order valence-electron chi connectivity index (χ0n) is 14.9. The van der Waals surface area contributed by atoms with E-state index >= 15 is 0 Å². The molecule has 29 heavy (non-hydrogen) atoms. The molecule has 0 saturated carbocycles. The lowest BCUT2D eigenvalue weighted by Gasteiger charge is -2.16. The lowest BCUT2D eigenvalue weighted by molar-refractivity contribution is -0.139. The first-order valence-electron chi connectivity index (χ1n) is 8.90. The predicted octanol–water partition coefficient (Wildman–Crippen LogP) is 4.82. The number of carbonyl (C=O) groups is 4. The standard InChI is InChI=1S/C24H11ClO4/c25-24(29)23(28)22(27)21(26)17-11-10-13-6-2-8-15-14-7-1-4-12-5-3-9-16(18(12)14)20(17)19(13)15/h1-11H. The van der Waals surface area contributed by atoms with Gasteiger partial charge in [0.05, 0.1) is 0 Å². The first-order chi connectivity index (χ1) is 14.0. The van der Waals surface area contributed by atoms with Gasteiger partial charge in [-0.1, -0.05) is 60.7 Å². The van der Waals surface area contributed by atoms with Crippen molar-refractivity contribution in [1.29, 1.82) is 0 Å². The van der Waals surface area contributed by atoms with Crippen molar-refractivity contribution in [3.05, 3.63) is 72.3 Å². The Bertz CT molecular complexity index is 1530. The average Bonchev–Trinajstić information content (AvgIpc) is 2.75. The maximum Gasteiger partial charge on any atom is 0.296 e. The largest absolute Gasteiger partial charge is 0.296 e. The van der Waals surface area contributed by atoms with E-state index in [4.69, 9.17) is 11.6 Å². The lowest BCUT2D eigenvalue weighted by Crippen LogP contribution is -2.28. The fraction of sp³-hybridized carbons (Fsp3) is 0. The Morgan fingerprint density at radius 1 is 0.552 bits per heavy atom. The Morgan fingerprint density at radius 2 is 1.10 bits per heavy atom. The first-order valence-corrected chi connectivity index (χ1v) is 9.28.